The second kappa shape index (κ2) is 7.23. The number of methoxy groups -OCH3 is 1. The van der Waals surface area contributed by atoms with E-state index in [1.165, 1.54) is 12.0 Å². The number of aliphatic hydroxyl groups is 1. The van der Waals surface area contributed by atoms with Crippen LogP contribution >= 0.6 is 0 Å². The number of hydrogen-bond acceptors (Lipinski definition) is 6. The van der Waals surface area contributed by atoms with Gasteiger partial charge in [-0.1, -0.05) is 0 Å². The van der Waals surface area contributed by atoms with Crippen molar-refractivity contribution in [1.82, 2.24) is 10.2 Å². The fourth-order valence-electron chi connectivity index (χ4n) is 1.73. The first kappa shape index (κ1) is 17.2. The van der Waals surface area contributed by atoms with E-state index < -0.39 is 36.2 Å². The first-order valence-corrected chi connectivity index (χ1v) is 6.43. The van der Waals surface area contributed by atoms with Crippen LogP contribution in [0.5, 0.6) is 0 Å². The van der Waals surface area contributed by atoms with E-state index in [0.29, 0.717) is 6.54 Å². The molecule has 0 radical (unpaired) electrons. The van der Waals surface area contributed by atoms with Crippen LogP contribution in [-0.4, -0.2) is 78.1 Å². The minimum absolute atomic E-state index is 0.0348. The monoisotopic (exact) mass is 304 g/mol. The van der Waals surface area contributed by atoms with E-state index in [1.54, 1.807) is 0 Å². The van der Waals surface area contributed by atoms with Gasteiger partial charge in [-0.15, -0.1) is 0 Å². The van der Waals surface area contributed by atoms with Crippen LogP contribution in [0.3, 0.4) is 0 Å². The number of nitrogens with zero attached hydrogens (tertiary/aromatic N) is 1. The average Bonchev–Trinajstić information content (AvgIpc) is 2.44. The Morgan fingerprint density at radius 1 is 1.48 bits per heavy atom. The van der Waals surface area contributed by atoms with Gasteiger partial charge in [-0.3, -0.25) is 4.79 Å². The lowest BCUT2D eigenvalue weighted by atomic mass is 10.1. The second-order valence-electron chi connectivity index (χ2n) is 4.96. The van der Waals surface area contributed by atoms with Crippen molar-refractivity contribution in [3.63, 3.8) is 0 Å². The smallest absolute Gasteiger partial charge is 0.337 e. The molecule has 1 fully saturated rings. The number of amides is 2. The molecule has 21 heavy (non-hydrogen) atoms. The number of nitrogens with one attached hydrogen (secondary N) is 1. The van der Waals surface area contributed by atoms with Crippen LogP contribution in [0.1, 0.15) is 13.3 Å². The summed E-state index contributed by atoms with van der Waals surface area (Å²) in [6.07, 6.45) is -0.426. The Morgan fingerprint density at radius 3 is 2.71 bits per heavy atom. The molecule has 2 amide bonds. The molecule has 0 saturated carbocycles. The third-order valence-corrected chi connectivity index (χ3v) is 3.09. The topological polar surface area (TPSA) is 125 Å². The number of carbonyl (C=O) groups excluding carboxylic acids is 2. The van der Waals surface area contributed by atoms with Crippen molar-refractivity contribution < 1.29 is 34.1 Å². The van der Waals surface area contributed by atoms with Gasteiger partial charge in [-0.25, -0.2) is 9.59 Å². The van der Waals surface area contributed by atoms with E-state index in [0.717, 1.165) is 6.92 Å². The van der Waals surface area contributed by atoms with E-state index in [9.17, 15) is 19.5 Å². The van der Waals surface area contributed by atoms with E-state index in [1.807, 2.05) is 0 Å². The standard InChI is InChI=1S/C12H20N2O7/c1-12(19,10(16)17)7-13-11(18)14-3-4-21-8(6-14)5-9(15)20-2/h8,19H,3-7H2,1-2H3,(H,13,18)(H,16,17). The summed E-state index contributed by atoms with van der Waals surface area (Å²) in [5, 5.41) is 20.6. The molecule has 2 unspecified atom stereocenters. The Hall–Kier alpha value is -1.87. The molecule has 9 heteroatoms. The number of morpholine rings is 1. The van der Waals surface area contributed by atoms with Gasteiger partial charge in [0.15, 0.2) is 5.60 Å². The Kier molecular flexibility index (Phi) is 5.91. The van der Waals surface area contributed by atoms with E-state index in [2.05, 4.69) is 10.1 Å². The highest BCUT2D eigenvalue weighted by Crippen LogP contribution is 2.10. The van der Waals surface area contributed by atoms with Gasteiger partial charge in [0.1, 0.15) is 0 Å². The van der Waals surface area contributed by atoms with Crippen molar-refractivity contribution >= 4 is 18.0 Å². The summed E-state index contributed by atoms with van der Waals surface area (Å²) in [4.78, 5) is 35.2. The maximum Gasteiger partial charge on any atom is 0.337 e. The molecule has 3 N–H and O–H groups in total. The molecule has 1 heterocycles. The molecule has 0 aromatic rings. The van der Waals surface area contributed by atoms with Crippen LogP contribution in [0.15, 0.2) is 0 Å². The fourth-order valence-corrected chi connectivity index (χ4v) is 1.73. The number of carboxylic acid groups (broad SMARTS) is 1. The van der Waals surface area contributed by atoms with Crippen molar-refractivity contribution in [2.24, 2.45) is 0 Å². The van der Waals surface area contributed by atoms with Crippen molar-refractivity contribution in [2.75, 3.05) is 33.4 Å². The molecule has 1 aliphatic heterocycles. The first-order valence-electron chi connectivity index (χ1n) is 6.43. The van der Waals surface area contributed by atoms with Crippen molar-refractivity contribution in [2.45, 2.75) is 25.0 Å². The summed E-state index contributed by atoms with van der Waals surface area (Å²) in [6.45, 7) is 1.45. The second-order valence-corrected chi connectivity index (χ2v) is 4.96. The zero-order valence-electron chi connectivity index (χ0n) is 12.0. The lowest BCUT2D eigenvalue weighted by Crippen LogP contribution is -2.54. The minimum atomic E-state index is -2.03. The lowest BCUT2D eigenvalue weighted by molar-refractivity contribution is -0.156. The fraction of sp³-hybridized carbons (Fsp3) is 0.750. The summed E-state index contributed by atoms with van der Waals surface area (Å²) in [7, 11) is 1.27. The SMILES string of the molecule is COC(=O)CC1CN(C(=O)NCC(C)(O)C(=O)O)CCO1. The minimum Gasteiger partial charge on any atom is -0.479 e. The number of carboxylic acids is 1. The van der Waals surface area contributed by atoms with Gasteiger partial charge >= 0.3 is 18.0 Å². The van der Waals surface area contributed by atoms with Crippen LogP contribution in [0.2, 0.25) is 0 Å². The van der Waals surface area contributed by atoms with Crippen LogP contribution in [0.25, 0.3) is 0 Å². The van der Waals surface area contributed by atoms with Gasteiger partial charge in [0.05, 0.1) is 32.8 Å². The largest absolute Gasteiger partial charge is 0.479 e. The normalized spacial score (nSPS) is 21.3. The highest BCUT2D eigenvalue weighted by molar-refractivity contribution is 5.79. The summed E-state index contributed by atoms with van der Waals surface area (Å²) < 4.78 is 9.88. The molecule has 0 aromatic heterocycles. The molecular weight excluding hydrogens is 284 g/mol. The molecule has 120 valence electrons. The molecule has 1 aliphatic rings. The number of rotatable bonds is 5. The third kappa shape index (κ3) is 5.20. The summed E-state index contributed by atoms with van der Waals surface area (Å²) in [5.74, 6) is -1.86. The van der Waals surface area contributed by atoms with Gasteiger partial charge < -0.3 is 29.9 Å². The molecule has 9 nitrogen and oxygen atoms in total. The molecule has 1 rings (SSSR count). The predicted molar refractivity (Wildman–Crippen MR) is 69.6 cm³/mol. The molecule has 0 bridgehead atoms. The maximum absolute atomic E-state index is 11.9. The number of hydrogen-bond donors (Lipinski definition) is 3. The van der Waals surface area contributed by atoms with Crippen molar-refractivity contribution in [3.05, 3.63) is 0 Å². The number of aliphatic carboxylic acids is 1. The summed E-state index contributed by atoms with van der Waals surface area (Å²) in [6, 6.07) is -0.519. The molecule has 1 saturated heterocycles. The molecule has 0 aliphatic carbocycles. The van der Waals surface area contributed by atoms with Crippen LogP contribution in [0, 0.1) is 0 Å². The maximum atomic E-state index is 11.9. The van der Waals surface area contributed by atoms with Gasteiger partial charge in [-0.2, -0.15) is 0 Å². The Balaban J connectivity index is 2.47. The number of urea groups is 1. The van der Waals surface area contributed by atoms with E-state index >= 15 is 0 Å². The van der Waals surface area contributed by atoms with Gasteiger partial charge in [-0.05, 0) is 6.92 Å². The highest BCUT2D eigenvalue weighted by Gasteiger charge is 2.32. The van der Waals surface area contributed by atoms with Crippen molar-refractivity contribution in [1.29, 1.82) is 0 Å². The lowest BCUT2D eigenvalue weighted by Gasteiger charge is -2.33. The Morgan fingerprint density at radius 2 is 2.14 bits per heavy atom. The van der Waals surface area contributed by atoms with E-state index in [4.69, 9.17) is 9.84 Å². The van der Waals surface area contributed by atoms with E-state index in [-0.39, 0.29) is 19.6 Å². The van der Waals surface area contributed by atoms with Crippen LogP contribution in [-0.2, 0) is 19.1 Å². The average molecular weight is 304 g/mol. The quantitative estimate of drug-likeness (QED) is 0.544. The van der Waals surface area contributed by atoms with Gasteiger partial charge in [0.25, 0.3) is 0 Å². The molecule has 0 aromatic carbocycles. The van der Waals surface area contributed by atoms with Crippen molar-refractivity contribution in [3.8, 4) is 0 Å². The van der Waals surface area contributed by atoms with Gasteiger partial charge in [0, 0.05) is 13.1 Å². The van der Waals surface area contributed by atoms with Crippen LogP contribution in [0.4, 0.5) is 4.79 Å². The third-order valence-electron chi connectivity index (χ3n) is 3.09. The Bertz CT molecular complexity index is 410. The molecule has 2 atom stereocenters. The number of esters is 1. The summed E-state index contributed by atoms with van der Waals surface area (Å²) >= 11 is 0. The van der Waals surface area contributed by atoms with Gasteiger partial charge in [0.2, 0.25) is 0 Å². The number of carbonyl (C=O) groups is 3. The van der Waals surface area contributed by atoms with Crippen LogP contribution < -0.4 is 5.32 Å². The Labute approximate surface area is 121 Å². The highest BCUT2D eigenvalue weighted by atomic mass is 16.5. The zero-order valence-corrected chi connectivity index (χ0v) is 12.0. The predicted octanol–water partition coefficient (Wildman–Crippen LogP) is -1.20. The zero-order chi connectivity index (χ0) is 16.0. The summed E-state index contributed by atoms with van der Waals surface area (Å²) in [5.41, 5.74) is -2.03. The molecular formula is C12H20N2O7. The number of ether oxygens (including phenoxy) is 2. The molecule has 0 spiro atoms. The first-order chi connectivity index (χ1) is 9.76.